The van der Waals surface area contributed by atoms with Gasteiger partial charge in [0.2, 0.25) is 0 Å². The molecular formula is C14H13F3N6O. The van der Waals surface area contributed by atoms with Crippen LogP contribution in [0.5, 0.6) is 0 Å². The van der Waals surface area contributed by atoms with Crippen molar-refractivity contribution < 1.29 is 13.2 Å². The Morgan fingerprint density at radius 3 is 2.67 bits per heavy atom. The number of alkyl halides is 3. The summed E-state index contributed by atoms with van der Waals surface area (Å²) >= 11 is 0. The Hall–Kier alpha value is -2.91. The van der Waals surface area contributed by atoms with E-state index in [1.807, 2.05) is 6.07 Å². The van der Waals surface area contributed by atoms with E-state index in [-0.39, 0.29) is 23.6 Å². The van der Waals surface area contributed by atoms with E-state index in [1.165, 1.54) is 12.1 Å². The summed E-state index contributed by atoms with van der Waals surface area (Å²) < 4.78 is 39.2. The first kappa shape index (κ1) is 16.0. The van der Waals surface area contributed by atoms with Crippen LogP contribution >= 0.6 is 0 Å². The van der Waals surface area contributed by atoms with Gasteiger partial charge in [0.05, 0.1) is 0 Å². The van der Waals surface area contributed by atoms with E-state index >= 15 is 0 Å². The predicted octanol–water partition coefficient (Wildman–Crippen LogP) is 2.06. The monoisotopic (exact) mass is 338 g/mol. The Kier molecular flexibility index (Phi) is 3.74. The number of hydrogen-bond acceptors (Lipinski definition) is 5. The minimum atomic E-state index is -4.66. The molecule has 0 fully saturated rings. The summed E-state index contributed by atoms with van der Waals surface area (Å²) in [6.45, 7) is 3.69. The van der Waals surface area contributed by atoms with Crippen LogP contribution in [-0.2, 0) is 12.7 Å². The molecule has 126 valence electrons. The van der Waals surface area contributed by atoms with Crippen LogP contribution in [-0.4, -0.2) is 24.8 Å². The van der Waals surface area contributed by atoms with Gasteiger partial charge in [-0.2, -0.15) is 17.7 Å². The van der Waals surface area contributed by atoms with Gasteiger partial charge in [-0.1, -0.05) is 0 Å². The Bertz CT molecular complexity index is 959. The molecule has 0 aliphatic heterocycles. The maximum atomic E-state index is 12.8. The Labute approximate surface area is 133 Å². The molecule has 10 heteroatoms. The van der Waals surface area contributed by atoms with Crippen molar-refractivity contribution in [1.82, 2.24) is 24.8 Å². The molecule has 0 radical (unpaired) electrons. The van der Waals surface area contributed by atoms with Gasteiger partial charge < -0.3 is 10.3 Å². The van der Waals surface area contributed by atoms with Crippen LogP contribution in [0.4, 0.5) is 19.0 Å². The second kappa shape index (κ2) is 5.62. The molecule has 3 aromatic rings. The fraction of sp³-hybridized carbons (Fsp3) is 0.286. The molecule has 24 heavy (non-hydrogen) atoms. The van der Waals surface area contributed by atoms with Crippen LogP contribution in [0.2, 0.25) is 0 Å². The predicted molar refractivity (Wildman–Crippen MR) is 79.6 cm³/mol. The molecule has 2 N–H and O–H groups in total. The van der Waals surface area contributed by atoms with E-state index in [0.717, 1.165) is 11.3 Å². The molecular weight excluding hydrogens is 325 g/mol. The van der Waals surface area contributed by atoms with E-state index in [9.17, 15) is 18.0 Å². The van der Waals surface area contributed by atoms with Crippen molar-refractivity contribution in [3.8, 4) is 0 Å². The van der Waals surface area contributed by atoms with E-state index in [1.54, 1.807) is 13.8 Å². The highest BCUT2D eigenvalue weighted by molar-refractivity contribution is 5.44. The molecule has 0 aliphatic carbocycles. The van der Waals surface area contributed by atoms with Crippen LogP contribution in [0.25, 0.3) is 5.65 Å². The average Bonchev–Trinajstić information content (AvgIpc) is 2.89. The van der Waals surface area contributed by atoms with Crippen molar-refractivity contribution in [3.05, 3.63) is 51.2 Å². The molecule has 3 aromatic heterocycles. The third-order valence-electron chi connectivity index (χ3n) is 3.46. The molecule has 0 bridgehead atoms. The van der Waals surface area contributed by atoms with Gasteiger partial charge in [-0.25, -0.2) is 0 Å². The van der Waals surface area contributed by atoms with Gasteiger partial charge >= 0.3 is 6.18 Å². The van der Waals surface area contributed by atoms with Gasteiger partial charge in [0.1, 0.15) is 5.82 Å². The molecule has 0 aliphatic rings. The van der Waals surface area contributed by atoms with Crippen molar-refractivity contribution in [2.45, 2.75) is 26.6 Å². The lowest BCUT2D eigenvalue weighted by atomic mass is 10.1. The average molecular weight is 338 g/mol. The van der Waals surface area contributed by atoms with Gasteiger partial charge in [0.15, 0.2) is 5.65 Å². The molecule has 0 aromatic carbocycles. The number of nitrogens with zero attached hydrogens (tertiary/aromatic N) is 4. The van der Waals surface area contributed by atoms with Crippen molar-refractivity contribution in [2.24, 2.45) is 0 Å². The molecule has 0 atom stereocenters. The van der Waals surface area contributed by atoms with E-state index in [0.29, 0.717) is 10.1 Å². The molecule has 7 nitrogen and oxygen atoms in total. The van der Waals surface area contributed by atoms with Crippen molar-refractivity contribution in [2.75, 3.05) is 5.32 Å². The van der Waals surface area contributed by atoms with Crippen LogP contribution in [0.1, 0.15) is 22.6 Å². The van der Waals surface area contributed by atoms with Gasteiger partial charge in [0.25, 0.3) is 11.4 Å². The van der Waals surface area contributed by atoms with E-state index < -0.39 is 12.0 Å². The summed E-state index contributed by atoms with van der Waals surface area (Å²) in [6.07, 6.45) is -4.66. The Balaban J connectivity index is 1.90. The minimum Gasteiger partial charge on any atom is -0.364 e. The molecule has 0 spiro atoms. The summed E-state index contributed by atoms with van der Waals surface area (Å²) in [6, 6.07) is 4.66. The number of hydrogen-bond donors (Lipinski definition) is 2. The highest BCUT2D eigenvalue weighted by atomic mass is 19.4. The fourth-order valence-corrected chi connectivity index (χ4v) is 2.34. The maximum absolute atomic E-state index is 12.8. The smallest absolute Gasteiger partial charge is 0.364 e. The van der Waals surface area contributed by atoms with Crippen molar-refractivity contribution in [1.29, 1.82) is 0 Å². The van der Waals surface area contributed by atoms with Gasteiger partial charge in [-0.05, 0) is 37.6 Å². The number of aromatic amines is 1. The molecule has 0 saturated carbocycles. The SMILES string of the molecule is Cc1cc(C)c(CNc2ccc3nnc(C(F)(F)F)n3n2)c(=O)[nH]1. The summed E-state index contributed by atoms with van der Waals surface area (Å²) in [4.78, 5) is 14.6. The quantitative estimate of drug-likeness (QED) is 0.763. The Morgan fingerprint density at radius 1 is 1.25 bits per heavy atom. The number of halogens is 3. The highest BCUT2D eigenvalue weighted by Gasteiger charge is 2.37. The lowest BCUT2D eigenvalue weighted by Crippen LogP contribution is -2.19. The third-order valence-corrected chi connectivity index (χ3v) is 3.46. The number of rotatable bonds is 3. The van der Waals surface area contributed by atoms with Gasteiger partial charge in [0, 0.05) is 17.8 Å². The standard InChI is InChI=1S/C14H13F3N6O/c1-7-5-8(2)19-12(24)9(7)6-18-10-3-4-11-20-21-13(14(15,16)17)23(11)22-10/h3-5H,6H2,1-2H3,(H,18,22)(H,19,24). The first-order chi connectivity index (χ1) is 11.3. The summed E-state index contributed by atoms with van der Waals surface area (Å²) in [5.74, 6) is -1.03. The lowest BCUT2D eigenvalue weighted by Gasteiger charge is -2.09. The number of aromatic nitrogens is 5. The molecule has 3 rings (SSSR count). The van der Waals surface area contributed by atoms with Crippen molar-refractivity contribution in [3.63, 3.8) is 0 Å². The Morgan fingerprint density at radius 2 is 2.00 bits per heavy atom. The van der Waals surface area contributed by atoms with Crippen LogP contribution in [0, 0.1) is 13.8 Å². The summed E-state index contributed by atoms with van der Waals surface area (Å²) in [5.41, 5.74) is 1.74. The number of nitrogens with one attached hydrogen (secondary N) is 2. The van der Waals surface area contributed by atoms with E-state index in [2.05, 4.69) is 25.6 Å². The number of anilines is 1. The zero-order valence-corrected chi connectivity index (χ0v) is 12.8. The lowest BCUT2D eigenvalue weighted by molar-refractivity contribution is -0.146. The number of fused-ring (bicyclic) bond motifs is 1. The largest absolute Gasteiger partial charge is 0.453 e. The number of aryl methyl sites for hydroxylation is 2. The highest BCUT2D eigenvalue weighted by Crippen LogP contribution is 2.27. The molecule has 3 heterocycles. The minimum absolute atomic E-state index is 0.0164. The zero-order chi connectivity index (χ0) is 17.5. The summed E-state index contributed by atoms with van der Waals surface area (Å²) in [5, 5.41) is 13.2. The van der Waals surface area contributed by atoms with Crippen LogP contribution in [0.15, 0.2) is 23.0 Å². The molecule has 0 saturated heterocycles. The second-order valence-electron chi connectivity index (χ2n) is 5.31. The number of H-pyrrole nitrogens is 1. The number of pyridine rings is 1. The molecule has 0 amide bonds. The fourth-order valence-electron chi connectivity index (χ4n) is 2.34. The van der Waals surface area contributed by atoms with Crippen molar-refractivity contribution >= 4 is 11.5 Å². The second-order valence-corrected chi connectivity index (χ2v) is 5.31. The topological polar surface area (TPSA) is 88.0 Å². The summed E-state index contributed by atoms with van der Waals surface area (Å²) in [7, 11) is 0. The van der Waals surface area contributed by atoms with Gasteiger partial charge in [-0.15, -0.1) is 15.3 Å². The van der Waals surface area contributed by atoms with Crippen LogP contribution in [0.3, 0.4) is 0 Å². The maximum Gasteiger partial charge on any atom is 0.453 e. The first-order valence-corrected chi connectivity index (χ1v) is 6.98. The zero-order valence-electron chi connectivity index (χ0n) is 12.8. The van der Waals surface area contributed by atoms with Crippen LogP contribution < -0.4 is 10.9 Å². The normalized spacial score (nSPS) is 11.9. The van der Waals surface area contributed by atoms with Gasteiger partial charge in [-0.3, -0.25) is 4.79 Å². The molecule has 0 unspecified atom stereocenters. The third kappa shape index (κ3) is 2.94. The van der Waals surface area contributed by atoms with E-state index in [4.69, 9.17) is 0 Å². The first-order valence-electron chi connectivity index (χ1n) is 6.98.